The third-order valence-electron chi connectivity index (χ3n) is 3.86. The van der Waals surface area contributed by atoms with Gasteiger partial charge >= 0.3 is 0 Å². The molecule has 0 unspecified atom stereocenters. The zero-order chi connectivity index (χ0) is 12.5. The Hall–Kier alpha value is -0.870. The van der Waals surface area contributed by atoms with Crippen LogP contribution in [0.4, 0.5) is 0 Å². The number of aliphatic hydroxyl groups excluding tert-OH is 1. The van der Waals surface area contributed by atoms with Crippen LogP contribution in [0.1, 0.15) is 44.8 Å². The van der Waals surface area contributed by atoms with Crippen molar-refractivity contribution in [3.05, 3.63) is 18.0 Å². The van der Waals surface area contributed by atoms with Crippen LogP contribution in [0.5, 0.6) is 0 Å². The predicted octanol–water partition coefficient (Wildman–Crippen LogP) is 1.70. The number of aliphatic hydroxyl groups is 1. The van der Waals surface area contributed by atoms with Crippen LogP contribution in [0.3, 0.4) is 0 Å². The van der Waals surface area contributed by atoms with Crippen molar-refractivity contribution in [2.45, 2.75) is 45.8 Å². The maximum Gasteiger partial charge on any atom is 0.0888 e. The van der Waals surface area contributed by atoms with Crippen LogP contribution in [0.2, 0.25) is 0 Å². The fourth-order valence-electron chi connectivity index (χ4n) is 2.57. The topological polar surface area (TPSA) is 64.1 Å². The van der Waals surface area contributed by atoms with Crippen LogP contribution in [0.15, 0.2) is 12.4 Å². The van der Waals surface area contributed by atoms with Crippen molar-refractivity contribution in [1.29, 1.82) is 0 Å². The van der Waals surface area contributed by atoms with Gasteiger partial charge in [0, 0.05) is 30.3 Å². The first kappa shape index (κ1) is 12.6. The van der Waals surface area contributed by atoms with E-state index in [-0.39, 0.29) is 5.41 Å². The summed E-state index contributed by atoms with van der Waals surface area (Å²) in [5.41, 5.74) is 6.63. The number of aromatic nitrogens is 2. The molecule has 1 saturated carbocycles. The Morgan fingerprint density at radius 1 is 1.53 bits per heavy atom. The number of rotatable bonds is 5. The summed E-state index contributed by atoms with van der Waals surface area (Å²) >= 11 is 0. The van der Waals surface area contributed by atoms with E-state index in [2.05, 4.69) is 18.9 Å². The van der Waals surface area contributed by atoms with E-state index in [1.807, 2.05) is 10.9 Å². The van der Waals surface area contributed by atoms with E-state index >= 15 is 0 Å². The highest BCUT2D eigenvalue weighted by atomic mass is 16.3. The van der Waals surface area contributed by atoms with Gasteiger partial charge in [-0.3, -0.25) is 4.68 Å². The lowest BCUT2D eigenvalue weighted by Crippen LogP contribution is -2.42. The van der Waals surface area contributed by atoms with Crippen molar-refractivity contribution < 1.29 is 5.11 Å². The Bertz CT molecular complexity index is 363. The molecule has 1 aromatic heterocycles. The molecule has 0 aliphatic heterocycles. The van der Waals surface area contributed by atoms with Gasteiger partial charge in [0.2, 0.25) is 0 Å². The third-order valence-corrected chi connectivity index (χ3v) is 3.86. The van der Waals surface area contributed by atoms with Gasteiger partial charge in [-0.25, -0.2) is 0 Å². The summed E-state index contributed by atoms with van der Waals surface area (Å²) in [7, 11) is 0. The largest absolute Gasteiger partial charge is 0.388 e. The number of nitrogens with two attached hydrogens (primary N) is 1. The van der Waals surface area contributed by atoms with Gasteiger partial charge in [0.25, 0.3) is 0 Å². The zero-order valence-electron chi connectivity index (χ0n) is 10.8. The average molecular weight is 237 g/mol. The van der Waals surface area contributed by atoms with E-state index < -0.39 is 6.10 Å². The molecule has 4 nitrogen and oxygen atoms in total. The van der Waals surface area contributed by atoms with Crippen molar-refractivity contribution in [2.24, 2.45) is 17.1 Å². The molecular formula is C13H23N3O. The molecule has 0 radical (unpaired) electrons. The summed E-state index contributed by atoms with van der Waals surface area (Å²) < 4.78 is 1.91. The van der Waals surface area contributed by atoms with Crippen LogP contribution in [-0.2, 0) is 6.54 Å². The highest BCUT2D eigenvalue weighted by Gasteiger charge is 2.43. The Morgan fingerprint density at radius 2 is 2.24 bits per heavy atom. The standard InChI is InChI=1S/C13H23N3O/c1-10(2)7-16-8-11(6-15-16)12(17)13(9-14)4-3-5-13/h6,8,10,12,17H,3-5,7,9,14H2,1-2H3/t12-/m1/s1. The highest BCUT2D eigenvalue weighted by molar-refractivity contribution is 5.14. The third kappa shape index (κ3) is 2.38. The maximum absolute atomic E-state index is 10.4. The normalized spacial score (nSPS) is 20.3. The molecule has 0 spiro atoms. The molecule has 96 valence electrons. The molecule has 1 heterocycles. The van der Waals surface area contributed by atoms with Gasteiger partial charge in [0.15, 0.2) is 0 Å². The lowest BCUT2D eigenvalue weighted by Gasteiger charge is -2.44. The van der Waals surface area contributed by atoms with Gasteiger partial charge in [-0.1, -0.05) is 20.3 Å². The van der Waals surface area contributed by atoms with Crippen LogP contribution in [-0.4, -0.2) is 21.4 Å². The SMILES string of the molecule is CC(C)Cn1cc([C@@H](O)C2(CN)CCC2)cn1. The van der Waals surface area contributed by atoms with Gasteiger partial charge in [0.05, 0.1) is 12.3 Å². The lowest BCUT2D eigenvalue weighted by molar-refractivity contribution is -0.0297. The smallest absolute Gasteiger partial charge is 0.0888 e. The first-order valence-corrected chi connectivity index (χ1v) is 6.48. The Kier molecular flexibility index (Phi) is 3.54. The average Bonchev–Trinajstić information content (AvgIpc) is 2.64. The first-order valence-electron chi connectivity index (χ1n) is 6.48. The van der Waals surface area contributed by atoms with E-state index in [1.165, 1.54) is 6.42 Å². The molecule has 4 heteroatoms. The molecule has 0 aromatic carbocycles. The molecular weight excluding hydrogens is 214 g/mol. The maximum atomic E-state index is 10.4. The van der Waals surface area contributed by atoms with E-state index in [0.717, 1.165) is 24.9 Å². The van der Waals surface area contributed by atoms with Crippen LogP contribution < -0.4 is 5.73 Å². The minimum absolute atomic E-state index is 0.0916. The lowest BCUT2D eigenvalue weighted by atomic mass is 9.64. The van der Waals surface area contributed by atoms with E-state index in [4.69, 9.17) is 5.73 Å². The quantitative estimate of drug-likeness (QED) is 0.819. The molecule has 1 aliphatic rings. The van der Waals surface area contributed by atoms with Crippen LogP contribution >= 0.6 is 0 Å². The van der Waals surface area contributed by atoms with Crippen LogP contribution in [0, 0.1) is 11.3 Å². The monoisotopic (exact) mass is 237 g/mol. The van der Waals surface area contributed by atoms with Crippen molar-refractivity contribution >= 4 is 0 Å². The number of hydrogen-bond donors (Lipinski definition) is 2. The van der Waals surface area contributed by atoms with Gasteiger partial charge in [0.1, 0.15) is 0 Å². The molecule has 1 aromatic rings. The summed E-state index contributed by atoms with van der Waals surface area (Å²) in [6.07, 6.45) is 6.51. The molecule has 17 heavy (non-hydrogen) atoms. The molecule has 1 atom stereocenters. The fourth-order valence-corrected chi connectivity index (χ4v) is 2.57. The fraction of sp³-hybridized carbons (Fsp3) is 0.769. The van der Waals surface area contributed by atoms with Gasteiger partial charge in [-0.05, 0) is 18.8 Å². The van der Waals surface area contributed by atoms with Gasteiger partial charge in [-0.15, -0.1) is 0 Å². The summed E-state index contributed by atoms with van der Waals surface area (Å²) in [5, 5.41) is 14.7. The number of hydrogen-bond acceptors (Lipinski definition) is 3. The molecule has 3 N–H and O–H groups in total. The van der Waals surface area contributed by atoms with Crippen molar-refractivity contribution in [1.82, 2.24) is 9.78 Å². The first-order chi connectivity index (χ1) is 8.07. The summed E-state index contributed by atoms with van der Waals surface area (Å²) in [6, 6.07) is 0. The summed E-state index contributed by atoms with van der Waals surface area (Å²) in [5.74, 6) is 0.562. The number of nitrogens with zero attached hydrogens (tertiary/aromatic N) is 2. The second kappa shape index (κ2) is 4.78. The molecule has 0 bridgehead atoms. The van der Waals surface area contributed by atoms with Crippen molar-refractivity contribution in [2.75, 3.05) is 6.54 Å². The van der Waals surface area contributed by atoms with E-state index in [9.17, 15) is 5.11 Å². The van der Waals surface area contributed by atoms with Crippen LogP contribution in [0.25, 0.3) is 0 Å². The Morgan fingerprint density at radius 3 is 2.71 bits per heavy atom. The Labute approximate surface area is 103 Å². The Balaban J connectivity index is 2.09. The molecule has 2 rings (SSSR count). The highest BCUT2D eigenvalue weighted by Crippen LogP contribution is 2.49. The van der Waals surface area contributed by atoms with Gasteiger partial charge < -0.3 is 10.8 Å². The molecule has 0 saturated heterocycles. The summed E-state index contributed by atoms with van der Waals surface area (Å²) in [4.78, 5) is 0. The predicted molar refractivity (Wildman–Crippen MR) is 67.4 cm³/mol. The zero-order valence-corrected chi connectivity index (χ0v) is 10.8. The second-order valence-corrected chi connectivity index (χ2v) is 5.71. The minimum atomic E-state index is -0.456. The van der Waals surface area contributed by atoms with E-state index in [1.54, 1.807) is 6.20 Å². The summed E-state index contributed by atoms with van der Waals surface area (Å²) in [6.45, 7) is 5.77. The molecule has 1 fully saturated rings. The second-order valence-electron chi connectivity index (χ2n) is 5.71. The van der Waals surface area contributed by atoms with Gasteiger partial charge in [-0.2, -0.15) is 5.10 Å². The van der Waals surface area contributed by atoms with Crippen molar-refractivity contribution in [3.8, 4) is 0 Å². The minimum Gasteiger partial charge on any atom is -0.388 e. The molecule has 0 amide bonds. The van der Waals surface area contributed by atoms with Crippen molar-refractivity contribution in [3.63, 3.8) is 0 Å². The molecule has 1 aliphatic carbocycles. The van der Waals surface area contributed by atoms with E-state index in [0.29, 0.717) is 12.5 Å².